The molecule has 0 aromatic rings. The summed E-state index contributed by atoms with van der Waals surface area (Å²) in [6, 6.07) is 0.821. The Balaban J connectivity index is 1.42. The van der Waals surface area contributed by atoms with Crippen molar-refractivity contribution in [2.75, 3.05) is 46.0 Å². The highest BCUT2D eigenvalue weighted by Gasteiger charge is 2.27. The average molecular weight is 286 g/mol. The summed E-state index contributed by atoms with van der Waals surface area (Å²) in [5.41, 5.74) is 0. The minimum Gasteiger partial charge on any atom is -0.389 e. The van der Waals surface area contributed by atoms with Crippen molar-refractivity contribution in [2.45, 2.75) is 50.9 Å². The van der Waals surface area contributed by atoms with Gasteiger partial charge in [0.05, 0.1) is 25.4 Å². The van der Waals surface area contributed by atoms with Gasteiger partial charge in [-0.05, 0) is 32.2 Å². The number of ether oxygens (including phenoxy) is 2. The zero-order valence-corrected chi connectivity index (χ0v) is 12.7. The first-order valence-electron chi connectivity index (χ1n) is 8.11. The second-order valence-corrected chi connectivity index (χ2v) is 5.89. The smallest absolute Gasteiger partial charge is 0.0897 e. The fraction of sp³-hybridized carbons (Fsp3) is 1.00. The highest BCUT2D eigenvalue weighted by Crippen LogP contribution is 2.25. The van der Waals surface area contributed by atoms with Crippen molar-refractivity contribution < 1.29 is 14.6 Å². The molecule has 0 spiro atoms. The molecule has 0 radical (unpaired) electrons. The third-order valence-electron chi connectivity index (χ3n) is 4.06. The number of rotatable bonds is 11. The summed E-state index contributed by atoms with van der Waals surface area (Å²) in [6.45, 7) is 7.82. The molecule has 1 aliphatic heterocycles. The normalized spacial score (nSPS) is 24.4. The second kappa shape index (κ2) is 8.95. The van der Waals surface area contributed by atoms with E-state index >= 15 is 0 Å². The maximum atomic E-state index is 9.83. The number of hydrogen-bond donors (Lipinski definition) is 2. The first kappa shape index (κ1) is 16.2. The number of hydrogen-bond acceptors (Lipinski definition) is 5. The van der Waals surface area contributed by atoms with E-state index < -0.39 is 6.10 Å². The molecule has 2 rings (SSSR count). The van der Waals surface area contributed by atoms with Crippen LogP contribution in [0.1, 0.15) is 32.6 Å². The Morgan fingerprint density at radius 2 is 2.25 bits per heavy atom. The van der Waals surface area contributed by atoms with E-state index in [-0.39, 0.29) is 6.10 Å². The molecule has 2 unspecified atom stereocenters. The summed E-state index contributed by atoms with van der Waals surface area (Å²) < 4.78 is 11.0. The van der Waals surface area contributed by atoms with Gasteiger partial charge in [0.15, 0.2) is 0 Å². The largest absolute Gasteiger partial charge is 0.389 e. The quantitative estimate of drug-likeness (QED) is 0.545. The van der Waals surface area contributed by atoms with Crippen molar-refractivity contribution in [3.63, 3.8) is 0 Å². The molecule has 5 heteroatoms. The molecule has 20 heavy (non-hydrogen) atoms. The molecule has 1 saturated heterocycles. The van der Waals surface area contributed by atoms with Crippen molar-refractivity contribution in [1.29, 1.82) is 0 Å². The molecule has 1 aliphatic carbocycles. The van der Waals surface area contributed by atoms with Gasteiger partial charge in [-0.2, -0.15) is 0 Å². The van der Waals surface area contributed by atoms with Gasteiger partial charge in [0, 0.05) is 32.3 Å². The lowest BCUT2D eigenvalue weighted by Gasteiger charge is -2.20. The third kappa shape index (κ3) is 6.06. The standard InChI is InChI=1S/C15H30N2O3/c1-2-17(13-5-6-13)8-7-16-10-14(18)11-19-12-15-4-3-9-20-15/h13-16,18H,2-12H2,1H3. The highest BCUT2D eigenvalue weighted by atomic mass is 16.5. The van der Waals surface area contributed by atoms with Crippen LogP contribution in [0.15, 0.2) is 0 Å². The van der Waals surface area contributed by atoms with Crippen LogP contribution in [-0.2, 0) is 9.47 Å². The summed E-state index contributed by atoms with van der Waals surface area (Å²) in [5, 5.41) is 13.1. The fourth-order valence-electron chi connectivity index (χ4n) is 2.70. The van der Waals surface area contributed by atoms with Gasteiger partial charge in [-0.1, -0.05) is 6.92 Å². The first-order chi connectivity index (χ1) is 9.79. The van der Waals surface area contributed by atoms with E-state index in [2.05, 4.69) is 17.1 Å². The molecule has 0 aromatic carbocycles. The van der Waals surface area contributed by atoms with Crippen molar-refractivity contribution in [3.05, 3.63) is 0 Å². The molecule has 2 fully saturated rings. The van der Waals surface area contributed by atoms with Crippen molar-refractivity contribution in [1.82, 2.24) is 10.2 Å². The summed E-state index contributed by atoms with van der Waals surface area (Å²) >= 11 is 0. The molecule has 118 valence electrons. The van der Waals surface area contributed by atoms with Gasteiger partial charge in [-0.25, -0.2) is 0 Å². The molecular weight excluding hydrogens is 256 g/mol. The van der Waals surface area contributed by atoms with E-state index in [1.54, 1.807) is 0 Å². The summed E-state index contributed by atoms with van der Waals surface area (Å²) in [4.78, 5) is 2.51. The van der Waals surface area contributed by atoms with E-state index in [4.69, 9.17) is 9.47 Å². The van der Waals surface area contributed by atoms with Gasteiger partial charge in [0.1, 0.15) is 0 Å². The van der Waals surface area contributed by atoms with E-state index in [1.165, 1.54) is 12.8 Å². The summed E-state index contributed by atoms with van der Waals surface area (Å²) in [5.74, 6) is 0. The number of nitrogens with zero attached hydrogens (tertiary/aromatic N) is 1. The predicted molar refractivity (Wildman–Crippen MR) is 78.9 cm³/mol. The Morgan fingerprint density at radius 1 is 1.40 bits per heavy atom. The van der Waals surface area contributed by atoms with Crippen LogP contribution in [0.25, 0.3) is 0 Å². The Kier molecular flexibility index (Phi) is 7.24. The van der Waals surface area contributed by atoms with Gasteiger partial charge in [-0.15, -0.1) is 0 Å². The van der Waals surface area contributed by atoms with Crippen molar-refractivity contribution >= 4 is 0 Å². The van der Waals surface area contributed by atoms with Gasteiger partial charge in [0.25, 0.3) is 0 Å². The van der Waals surface area contributed by atoms with E-state index in [0.29, 0.717) is 19.8 Å². The lowest BCUT2D eigenvalue weighted by Crippen LogP contribution is -2.37. The monoisotopic (exact) mass is 286 g/mol. The predicted octanol–water partition coefficient (Wildman–Crippen LogP) is 0.617. The number of nitrogens with one attached hydrogen (secondary N) is 1. The summed E-state index contributed by atoms with van der Waals surface area (Å²) in [6.07, 6.45) is 4.75. The fourth-order valence-corrected chi connectivity index (χ4v) is 2.70. The molecule has 0 amide bonds. The van der Waals surface area contributed by atoms with Crippen LogP contribution in [0.5, 0.6) is 0 Å². The Bertz CT molecular complexity index is 256. The Morgan fingerprint density at radius 3 is 2.90 bits per heavy atom. The average Bonchev–Trinajstić information content (AvgIpc) is 3.15. The van der Waals surface area contributed by atoms with Crippen LogP contribution in [0.2, 0.25) is 0 Å². The minimum absolute atomic E-state index is 0.242. The summed E-state index contributed by atoms with van der Waals surface area (Å²) in [7, 11) is 0. The van der Waals surface area contributed by atoms with E-state index in [0.717, 1.165) is 45.1 Å². The second-order valence-electron chi connectivity index (χ2n) is 5.89. The molecule has 2 N–H and O–H groups in total. The van der Waals surface area contributed by atoms with Crippen molar-refractivity contribution in [3.8, 4) is 0 Å². The van der Waals surface area contributed by atoms with E-state index in [9.17, 15) is 5.11 Å². The van der Waals surface area contributed by atoms with Gasteiger partial charge in [-0.3, -0.25) is 4.90 Å². The van der Waals surface area contributed by atoms with E-state index in [1.807, 2.05) is 0 Å². The zero-order chi connectivity index (χ0) is 14.2. The van der Waals surface area contributed by atoms with Gasteiger partial charge < -0.3 is 19.9 Å². The van der Waals surface area contributed by atoms with Crippen LogP contribution in [0.3, 0.4) is 0 Å². The number of aliphatic hydroxyl groups excluding tert-OH is 1. The first-order valence-corrected chi connectivity index (χ1v) is 8.11. The molecule has 2 atom stereocenters. The topological polar surface area (TPSA) is 54.0 Å². The van der Waals surface area contributed by atoms with Crippen LogP contribution in [0, 0.1) is 0 Å². The van der Waals surface area contributed by atoms with Crippen LogP contribution < -0.4 is 5.32 Å². The molecule has 5 nitrogen and oxygen atoms in total. The lowest BCUT2D eigenvalue weighted by atomic mass is 10.2. The van der Waals surface area contributed by atoms with Crippen LogP contribution in [0.4, 0.5) is 0 Å². The Hall–Kier alpha value is -0.200. The zero-order valence-electron chi connectivity index (χ0n) is 12.7. The lowest BCUT2D eigenvalue weighted by molar-refractivity contribution is -0.0164. The number of aliphatic hydroxyl groups is 1. The van der Waals surface area contributed by atoms with Crippen LogP contribution in [-0.4, -0.2) is 74.3 Å². The SMILES string of the molecule is CCN(CCNCC(O)COCC1CCCO1)C1CC1. The molecule has 0 bridgehead atoms. The maximum Gasteiger partial charge on any atom is 0.0897 e. The molecule has 0 aromatic heterocycles. The molecular formula is C15H30N2O3. The highest BCUT2D eigenvalue weighted by molar-refractivity contribution is 4.84. The number of likely N-dealkylation sites (N-methyl/N-ethyl adjacent to an activating group) is 1. The maximum absolute atomic E-state index is 9.83. The third-order valence-corrected chi connectivity index (χ3v) is 4.06. The molecule has 2 aliphatic rings. The Labute approximate surface area is 122 Å². The van der Waals surface area contributed by atoms with Gasteiger partial charge >= 0.3 is 0 Å². The molecule has 1 heterocycles. The van der Waals surface area contributed by atoms with Crippen LogP contribution >= 0.6 is 0 Å². The molecule has 1 saturated carbocycles. The van der Waals surface area contributed by atoms with Gasteiger partial charge in [0.2, 0.25) is 0 Å². The van der Waals surface area contributed by atoms with Crippen molar-refractivity contribution in [2.24, 2.45) is 0 Å². The minimum atomic E-state index is -0.424.